The van der Waals surface area contributed by atoms with E-state index in [2.05, 4.69) is 15.6 Å². The smallest absolute Gasteiger partial charge is 0.274 e. The van der Waals surface area contributed by atoms with E-state index in [9.17, 15) is 13.6 Å². The molecule has 6 heteroatoms. The Kier molecular flexibility index (Phi) is 3.93. The summed E-state index contributed by atoms with van der Waals surface area (Å²) in [6.07, 6.45) is 1.47. The van der Waals surface area contributed by atoms with Crippen LogP contribution in [-0.2, 0) is 0 Å². The topological polar surface area (TPSA) is 54.0 Å². The van der Waals surface area contributed by atoms with Gasteiger partial charge in [-0.25, -0.2) is 13.8 Å². The van der Waals surface area contributed by atoms with Gasteiger partial charge in [0.05, 0.1) is 17.6 Å². The molecule has 0 aliphatic carbocycles. The van der Waals surface area contributed by atoms with Gasteiger partial charge in [-0.2, -0.15) is 0 Å². The van der Waals surface area contributed by atoms with Gasteiger partial charge in [0.15, 0.2) is 0 Å². The van der Waals surface area contributed by atoms with E-state index in [0.717, 1.165) is 17.8 Å². The van der Waals surface area contributed by atoms with Gasteiger partial charge in [0.2, 0.25) is 0 Å². The van der Waals surface area contributed by atoms with Gasteiger partial charge >= 0.3 is 0 Å². The van der Waals surface area contributed by atoms with E-state index in [0.29, 0.717) is 0 Å². The van der Waals surface area contributed by atoms with Crippen LogP contribution in [0.15, 0.2) is 30.5 Å². The molecule has 0 aliphatic heterocycles. The molecule has 1 heterocycles. The third kappa shape index (κ3) is 2.90. The number of hydrogen-bond acceptors (Lipinski definition) is 3. The average molecular weight is 277 g/mol. The summed E-state index contributed by atoms with van der Waals surface area (Å²) >= 11 is 0. The van der Waals surface area contributed by atoms with Crippen molar-refractivity contribution in [2.45, 2.75) is 6.92 Å². The fourth-order valence-corrected chi connectivity index (χ4v) is 1.60. The fourth-order valence-electron chi connectivity index (χ4n) is 1.60. The van der Waals surface area contributed by atoms with Crippen molar-refractivity contribution in [3.8, 4) is 0 Å². The summed E-state index contributed by atoms with van der Waals surface area (Å²) < 4.78 is 27.0. The van der Waals surface area contributed by atoms with Gasteiger partial charge in [0, 0.05) is 13.1 Å². The third-order valence-electron chi connectivity index (χ3n) is 2.78. The lowest BCUT2D eigenvalue weighted by molar-refractivity contribution is 0.102. The number of pyridine rings is 1. The van der Waals surface area contributed by atoms with Crippen molar-refractivity contribution in [1.29, 1.82) is 0 Å². The van der Waals surface area contributed by atoms with Crippen LogP contribution in [0.5, 0.6) is 0 Å². The Bertz CT molecular complexity index is 642. The predicted molar refractivity (Wildman–Crippen MR) is 72.8 cm³/mol. The number of rotatable bonds is 3. The highest BCUT2D eigenvalue weighted by Crippen LogP contribution is 2.19. The Morgan fingerprint density at radius 2 is 1.95 bits per heavy atom. The zero-order chi connectivity index (χ0) is 14.7. The molecule has 0 atom stereocenters. The van der Waals surface area contributed by atoms with E-state index >= 15 is 0 Å². The van der Waals surface area contributed by atoms with Crippen LogP contribution in [0, 0.1) is 18.6 Å². The first-order valence-electron chi connectivity index (χ1n) is 5.92. The minimum absolute atomic E-state index is 0.115. The highest BCUT2D eigenvalue weighted by molar-refractivity contribution is 6.03. The second-order valence-electron chi connectivity index (χ2n) is 4.22. The second-order valence-corrected chi connectivity index (χ2v) is 4.22. The van der Waals surface area contributed by atoms with Crippen LogP contribution in [0.25, 0.3) is 0 Å². The number of amides is 1. The summed E-state index contributed by atoms with van der Waals surface area (Å²) in [4.78, 5) is 15.8. The maximum Gasteiger partial charge on any atom is 0.274 e. The maximum atomic E-state index is 13.6. The molecule has 2 aromatic rings. The van der Waals surface area contributed by atoms with Crippen LogP contribution in [0.3, 0.4) is 0 Å². The molecule has 0 bridgehead atoms. The van der Waals surface area contributed by atoms with Gasteiger partial charge in [0.1, 0.15) is 17.3 Å². The van der Waals surface area contributed by atoms with Gasteiger partial charge in [-0.05, 0) is 30.7 Å². The molecule has 0 unspecified atom stereocenters. The molecule has 4 nitrogen and oxygen atoms in total. The van der Waals surface area contributed by atoms with Crippen LogP contribution in [0.4, 0.5) is 20.2 Å². The minimum Gasteiger partial charge on any atom is -0.387 e. The van der Waals surface area contributed by atoms with Crippen LogP contribution < -0.4 is 10.6 Å². The number of nitrogens with one attached hydrogen (secondary N) is 2. The van der Waals surface area contributed by atoms with Gasteiger partial charge < -0.3 is 10.6 Å². The van der Waals surface area contributed by atoms with Gasteiger partial charge in [-0.15, -0.1) is 0 Å². The molecule has 20 heavy (non-hydrogen) atoms. The standard InChI is InChI=1S/C14H13F2N3O/c1-8-5-11(16)13(6-10(8)15)19-14(20)12-4-3-9(17-2)7-18-12/h3-7,17H,1-2H3,(H,19,20). The van der Waals surface area contributed by atoms with Crippen LogP contribution in [0.2, 0.25) is 0 Å². The number of aryl methyl sites for hydroxylation is 1. The van der Waals surface area contributed by atoms with E-state index in [4.69, 9.17) is 0 Å². The number of carbonyl (C=O) groups is 1. The number of nitrogens with zero attached hydrogens (tertiary/aromatic N) is 1. The molecule has 0 saturated heterocycles. The van der Waals surface area contributed by atoms with Crippen molar-refractivity contribution in [2.24, 2.45) is 0 Å². The monoisotopic (exact) mass is 277 g/mol. The number of anilines is 2. The van der Waals surface area contributed by atoms with Gasteiger partial charge in [-0.3, -0.25) is 4.79 Å². The first-order valence-corrected chi connectivity index (χ1v) is 5.92. The van der Waals surface area contributed by atoms with E-state index in [1.165, 1.54) is 19.2 Å². The lowest BCUT2D eigenvalue weighted by atomic mass is 10.2. The summed E-state index contributed by atoms with van der Waals surface area (Å²) in [7, 11) is 1.72. The molecule has 1 aromatic heterocycles. The van der Waals surface area contributed by atoms with Crippen molar-refractivity contribution in [1.82, 2.24) is 4.98 Å². The van der Waals surface area contributed by atoms with E-state index < -0.39 is 17.5 Å². The fraction of sp³-hybridized carbons (Fsp3) is 0.143. The molecule has 1 aromatic carbocycles. The molecule has 0 fully saturated rings. The number of aromatic nitrogens is 1. The van der Waals surface area contributed by atoms with Crippen molar-refractivity contribution >= 4 is 17.3 Å². The van der Waals surface area contributed by atoms with Crippen molar-refractivity contribution in [3.05, 3.63) is 53.4 Å². The zero-order valence-corrected chi connectivity index (χ0v) is 11.0. The third-order valence-corrected chi connectivity index (χ3v) is 2.78. The summed E-state index contributed by atoms with van der Waals surface area (Å²) in [5.41, 5.74) is 0.827. The molecule has 0 radical (unpaired) electrons. The Morgan fingerprint density at radius 1 is 1.20 bits per heavy atom. The Balaban J connectivity index is 2.20. The maximum absolute atomic E-state index is 13.6. The summed E-state index contributed by atoms with van der Waals surface area (Å²) in [6, 6.07) is 5.13. The molecule has 0 aliphatic rings. The minimum atomic E-state index is -0.691. The van der Waals surface area contributed by atoms with Gasteiger partial charge in [0.25, 0.3) is 5.91 Å². The molecule has 0 spiro atoms. The molecule has 1 amide bonds. The van der Waals surface area contributed by atoms with Crippen LogP contribution >= 0.6 is 0 Å². The Hall–Kier alpha value is -2.50. The normalized spacial score (nSPS) is 10.2. The largest absolute Gasteiger partial charge is 0.387 e. The average Bonchev–Trinajstić information content (AvgIpc) is 2.44. The first kappa shape index (κ1) is 13.9. The number of hydrogen-bond donors (Lipinski definition) is 2. The Morgan fingerprint density at radius 3 is 2.55 bits per heavy atom. The SMILES string of the molecule is CNc1ccc(C(=O)Nc2cc(F)c(C)cc2F)nc1. The van der Waals surface area contributed by atoms with E-state index in [1.54, 1.807) is 13.1 Å². The number of halogens is 2. The molecular weight excluding hydrogens is 264 g/mol. The van der Waals surface area contributed by atoms with Crippen molar-refractivity contribution < 1.29 is 13.6 Å². The number of benzene rings is 1. The molecular formula is C14H13F2N3O. The highest BCUT2D eigenvalue weighted by Gasteiger charge is 2.12. The lowest BCUT2D eigenvalue weighted by Gasteiger charge is -2.08. The Labute approximate surface area is 114 Å². The van der Waals surface area contributed by atoms with Crippen LogP contribution in [0.1, 0.15) is 16.1 Å². The highest BCUT2D eigenvalue weighted by atomic mass is 19.1. The summed E-state index contributed by atoms with van der Waals surface area (Å²) in [5.74, 6) is -1.88. The predicted octanol–water partition coefficient (Wildman–Crippen LogP) is 2.96. The molecule has 2 N–H and O–H groups in total. The van der Waals surface area contributed by atoms with Gasteiger partial charge in [-0.1, -0.05) is 0 Å². The summed E-state index contributed by atoms with van der Waals surface area (Å²) in [6.45, 7) is 1.45. The van der Waals surface area contributed by atoms with Crippen molar-refractivity contribution in [3.63, 3.8) is 0 Å². The first-order chi connectivity index (χ1) is 9.51. The molecule has 2 rings (SSSR count). The zero-order valence-electron chi connectivity index (χ0n) is 11.0. The second kappa shape index (κ2) is 5.64. The van der Waals surface area contributed by atoms with Crippen molar-refractivity contribution in [2.75, 3.05) is 17.7 Å². The molecule has 104 valence electrons. The quantitative estimate of drug-likeness (QED) is 0.907. The number of carbonyl (C=O) groups excluding carboxylic acids is 1. The van der Waals surface area contributed by atoms with E-state index in [1.807, 2.05) is 0 Å². The van der Waals surface area contributed by atoms with E-state index in [-0.39, 0.29) is 16.9 Å². The van der Waals surface area contributed by atoms with Crippen LogP contribution in [-0.4, -0.2) is 17.9 Å². The lowest BCUT2D eigenvalue weighted by Crippen LogP contribution is -2.15. The summed E-state index contributed by atoms with van der Waals surface area (Å²) in [5, 5.41) is 5.16. The molecule has 0 saturated carbocycles.